The van der Waals surface area contributed by atoms with Gasteiger partial charge in [-0.2, -0.15) is 5.10 Å². The molecule has 24 heavy (non-hydrogen) atoms. The van der Waals surface area contributed by atoms with Crippen LogP contribution in [0.3, 0.4) is 0 Å². The Morgan fingerprint density at radius 3 is 2.79 bits per heavy atom. The molecule has 0 saturated carbocycles. The van der Waals surface area contributed by atoms with Gasteiger partial charge in [-0.25, -0.2) is 14.6 Å². The molecule has 2 aromatic heterocycles. The van der Waals surface area contributed by atoms with Gasteiger partial charge in [0.1, 0.15) is 5.69 Å². The second-order valence-electron chi connectivity index (χ2n) is 5.35. The Hall–Kier alpha value is -2.75. The van der Waals surface area contributed by atoms with Crippen LogP contribution in [0.2, 0.25) is 0 Å². The quantitative estimate of drug-likeness (QED) is 0.729. The maximum Gasteiger partial charge on any atom is 0.290 e. The molecule has 1 amide bonds. The lowest BCUT2D eigenvalue weighted by Crippen LogP contribution is -2.16. The first-order valence-corrected chi connectivity index (χ1v) is 7.35. The number of carbonyl (C=O) groups excluding carboxylic acids is 1. The fraction of sp³-hybridized carbons (Fsp3) is 0.500. The van der Waals surface area contributed by atoms with E-state index in [0.717, 1.165) is 17.8 Å². The highest BCUT2D eigenvalue weighted by atomic mass is 16.5. The summed E-state index contributed by atoms with van der Waals surface area (Å²) < 4.78 is 9.18. The number of nitrogens with two attached hydrogens (primary N) is 1. The summed E-state index contributed by atoms with van der Waals surface area (Å²) in [6.07, 6.45) is 2.65. The van der Waals surface area contributed by atoms with Crippen molar-refractivity contribution in [2.75, 3.05) is 13.2 Å². The minimum atomic E-state index is -0.442. The van der Waals surface area contributed by atoms with Gasteiger partial charge in [0.15, 0.2) is 11.6 Å². The van der Waals surface area contributed by atoms with Crippen molar-refractivity contribution in [1.82, 2.24) is 24.3 Å². The Kier molecular flexibility index (Phi) is 5.64. The van der Waals surface area contributed by atoms with E-state index in [-0.39, 0.29) is 18.9 Å². The number of rotatable bonds is 4. The van der Waals surface area contributed by atoms with Gasteiger partial charge in [0.05, 0.1) is 31.1 Å². The van der Waals surface area contributed by atoms with Crippen LogP contribution in [0.25, 0.3) is 11.5 Å². The molecule has 2 aromatic rings. The molecule has 1 aliphatic heterocycles. The van der Waals surface area contributed by atoms with Gasteiger partial charge in [-0.1, -0.05) is 0 Å². The highest BCUT2D eigenvalue weighted by Gasteiger charge is 2.26. The summed E-state index contributed by atoms with van der Waals surface area (Å²) in [5.74, 6) is 0.701. The van der Waals surface area contributed by atoms with E-state index in [1.54, 1.807) is 6.33 Å². The molecular weight excluding hydrogens is 316 g/mol. The molecule has 0 aromatic carbocycles. The van der Waals surface area contributed by atoms with Crippen LogP contribution in [-0.4, -0.2) is 55.0 Å². The maximum atomic E-state index is 11.1. The summed E-state index contributed by atoms with van der Waals surface area (Å²) in [4.78, 5) is 28.3. The van der Waals surface area contributed by atoms with Crippen molar-refractivity contribution in [2.24, 2.45) is 12.8 Å². The minimum Gasteiger partial charge on any atom is -0.483 e. The smallest absolute Gasteiger partial charge is 0.290 e. The highest BCUT2D eigenvalue weighted by molar-refractivity contribution is 5.75. The van der Waals surface area contributed by atoms with Gasteiger partial charge in [-0.05, 0) is 13.3 Å². The van der Waals surface area contributed by atoms with Gasteiger partial charge in [-0.15, -0.1) is 0 Å². The number of ether oxygens (including phenoxy) is 1. The third kappa shape index (κ3) is 3.77. The lowest BCUT2D eigenvalue weighted by molar-refractivity contribution is -0.123. The molecule has 0 spiro atoms. The summed E-state index contributed by atoms with van der Waals surface area (Å²) in [6.45, 7) is 2.98. The second-order valence-corrected chi connectivity index (χ2v) is 5.35. The summed E-state index contributed by atoms with van der Waals surface area (Å²) in [5, 5.41) is 11.3. The Morgan fingerprint density at radius 1 is 1.58 bits per heavy atom. The lowest BCUT2D eigenvalue weighted by Gasteiger charge is -2.12. The zero-order valence-electron chi connectivity index (χ0n) is 13.5. The molecule has 1 unspecified atom stereocenters. The van der Waals surface area contributed by atoms with Crippen molar-refractivity contribution in [3.8, 4) is 11.5 Å². The lowest BCUT2D eigenvalue weighted by atomic mass is 10.2. The van der Waals surface area contributed by atoms with Crippen molar-refractivity contribution in [3.63, 3.8) is 0 Å². The van der Waals surface area contributed by atoms with Crippen LogP contribution in [0, 0.1) is 6.92 Å². The van der Waals surface area contributed by atoms with Crippen LogP contribution in [0.4, 0.5) is 0 Å². The summed E-state index contributed by atoms with van der Waals surface area (Å²) >= 11 is 0. The first kappa shape index (κ1) is 17.6. The zero-order chi connectivity index (χ0) is 17.7. The molecular formula is C14H20N6O4. The van der Waals surface area contributed by atoms with Crippen LogP contribution in [0.1, 0.15) is 24.0 Å². The summed E-state index contributed by atoms with van der Waals surface area (Å²) in [6, 6.07) is 0.128. The number of carboxylic acid groups (broad SMARTS) is 1. The molecule has 1 saturated heterocycles. The monoisotopic (exact) mass is 336 g/mol. The van der Waals surface area contributed by atoms with Gasteiger partial charge in [0, 0.05) is 13.7 Å². The average molecular weight is 336 g/mol. The van der Waals surface area contributed by atoms with Gasteiger partial charge in [-0.3, -0.25) is 9.59 Å². The number of aromatic nitrogens is 5. The van der Waals surface area contributed by atoms with Crippen molar-refractivity contribution in [2.45, 2.75) is 25.8 Å². The van der Waals surface area contributed by atoms with E-state index in [2.05, 4.69) is 15.1 Å². The number of aryl methyl sites for hydroxylation is 2. The predicted octanol–water partition coefficient (Wildman–Crippen LogP) is -0.323. The Labute approximate surface area is 138 Å². The van der Waals surface area contributed by atoms with Crippen LogP contribution < -0.4 is 5.73 Å². The minimum absolute atomic E-state index is 0.0322. The Bertz CT molecular complexity index is 697. The van der Waals surface area contributed by atoms with E-state index >= 15 is 0 Å². The van der Waals surface area contributed by atoms with Crippen LogP contribution in [0.15, 0.2) is 6.33 Å². The van der Waals surface area contributed by atoms with Crippen molar-refractivity contribution in [3.05, 3.63) is 17.8 Å². The number of primary amides is 1. The predicted molar refractivity (Wildman–Crippen MR) is 83.0 cm³/mol. The molecule has 10 heteroatoms. The molecule has 3 rings (SSSR count). The van der Waals surface area contributed by atoms with Gasteiger partial charge in [0.2, 0.25) is 5.91 Å². The highest BCUT2D eigenvalue weighted by Crippen LogP contribution is 2.27. The number of nitrogens with zero attached hydrogens (tertiary/aromatic N) is 5. The van der Waals surface area contributed by atoms with Crippen molar-refractivity contribution < 1.29 is 19.4 Å². The topological polar surface area (TPSA) is 138 Å². The molecule has 0 radical (unpaired) electrons. The average Bonchev–Trinajstić information content (AvgIpc) is 3.20. The van der Waals surface area contributed by atoms with Crippen LogP contribution >= 0.6 is 0 Å². The van der Waals surface area contributed by atoms with Gasteiger partial charge >= 0.3 is 0 Å². The van der Waals surface area contributed by atoms with E-state index in [4.69, 9.17) is 20.4 Å². The van der Waals surface area contributed by atoms with Crippen LogP contribution in [0.5, 0.6) is 0 Å². The maximum absolute atomic E-state index is 11.1. The fourth-order valence-corrected chi connectivity index (χ4v) is 2.60. The van der Waals surface area contributed by atoms with E-state index in [1.807, 2.05) is 23.2 Å². The molecule has 1 aliphatic rings. The molecule has 0 bridgehead atoms. The number of hydrogen-bond donors (Lipinski definition) is 2. The summed E-state index contributed by atoms with van der Waals surface area (Å²) in [5.41, 5.74) is 7.01. The zero-order valence-corrected chi connectivity index (χ0v) is 13.5. The number of carbonyl (C=O) groups is 2. The van der Waals surface area contributed by atoms with E-state index in [9.17, 15) is 4.79 Å². The number of hydrogen-bond acceptors (Lipinski definition) is 6. The molecule has 1 fully saturated rings. The van der Waals surface area contributed by atoms with Crippen LogP contribution in [-0.2, 0) is 27.8 Å². The first-order chi connectivity index (χ1) is 11.5. The molecule has 1 atom stereocenters. The third-order valence-electron chi connectivity index (χ3n) is 3.59. The largest absolute Gasteiger partial charge is 0.483 e. The normalized spacial score (nSPS) is 16.5. The second kappa shape index (κ2) is 7.68. The van der Waals surface area contributed by atoms with Crippen molar-refractivity contribution in [1.29, 1.82) is 0 Å². The number of amides is 1. The third-order valence-corrected chi connectivity index (χ3v) is 3.59. The Balaban J connectivity index is 0.000000647. The van der Waals surface area contributed by atoms with Gasteiger partial charge < -0.3 is 20.1 Å². The molecule has 3 heterocycles. The van der Waals surface area contributed by atoms with Crippen molar-refractivity contribution >= 4 is 12.4 Å². The summed E-state index contributed by atoms with van der Waals surface area (Å²) in [7, 11) is 1.91. The fourth-order valence-electron chi connectivity index (χ4n) is 2.60. The number of imidazole rings is 1. The van der Waals surface area contributed by atoms with E-state index in [1.165, 1.54) is 0 Å². The van der Waals surface area contributed by atoms with E-state index in [0.29, 0.717) is 24.9 Å². The molecule has 0 aliphatic carbocycles. The van der Waals surface area contributed by atoms with Gasteiger partial charge in [0.25, 0.3) is 6.47 Å². The molecule has 10 nitrogen and oxygen atoms in total. The standard InChI is InChI=1S/C13H18N6O2.CH2O2/c1-8-12(18(2)7-15-8)13-16-11(5-10(14)20)17-19(13)9-3-4-21-6-9;2-1-3/h7,9H,3-6H2,1-2H3,(H2,14,20);1H,(H,2,3). The molecule has 130 valence electrons. The molecule has 3 N–H and O–H groups in total. The Morgan fingerprint density at radius 2 is 2.29 bits per heavy atom. The van der Waals surface area contributed by atoms with E-state index < -0.39 is 5.91 Å². The SMILES string of the molecule is Cc1ncn(C)c1-c1nc(CC(N)=O)nn1C1CCOC1.O=CO. The first-order valence-electron chi connectivity index (χ1n) is 7.35.